The van der Waals surface area contributed by atoms with Crippen LogP contribution in [0.3, 0.4) is 0 Å². The van der Waals surface area contributed by atoms with E-state index in [1.807, 2.05) is 25.1 Å². The van der Waals surface area contributed by atoms with Crippen LogP contribution in [0, 0.1) is 11.3 Å². The Labute approximate surface area is 146 Å². The summed E-state index contributed by atoms with van der Waals surface area (Å²) in [5, 5.41) is 9.15. The summed E-state index contributed by atoms with van der Waals surface area (Å²) in [4.78, 5) is -0.0302. The molecule has 7 heteroatoms. The van der Waals surface area contributed by atoms with Crippen LogP contribution in [-0.2, 0) is 16.4 Å². The molecule has 1 aromatic carbocycles. The molecule has 1 fully saturated rings. The number of aryl methyl sites for hydroxylation is 1. The average Bonchev–Trinajstić information content (AvgIpc) is 3.24. The number of rotatable bonds is 4. The first-order chi connectivity index (χ1) is 11.5. The zero-order valence-corrected chi connectivity index (χ0v) is 14.8. The van der Waals surface area contributed by atoms with Gasteiger partial charge >= 0.3 is 0 Å². The van der Waals surface area contributed by atoms with Crippen LogP contribution in [0.4, 0.5) is 0 Å². The highest BCUT2D eigenvalue weighted by Gasteiger charge is 2.38. The number of benzene rings is 1. The number of hydrogen-bond acceptors (Lipinski definition) is 4. The molecule has 0 aliphatic carbocycles. The van der Waals surface area contributed by atoms with Crippen molar-refractivity contribution >= 4 is 21.6 Å². The molecule has 2 aromatic rings. The lowest BCUT2D eigenvalue weighted by Gasteiger charge is -2.23. The van der Waals surface area contributed by atoms with Crippen LogP contribution in [0.1, 0.15) is 42.9 Å². The van der Waals surface area contributed by atoms with Gasteiger partial charge in [0.05, 0.1) is 22.7 Å². The van der Waals surface area contributed by atoms with Crippen LogP contribution in [-0.4, -0.2) is 19.3 Å². The second kappa shape index (κ2) is 6.60. The maximum atomic E-state index is 13.1. The maximum absolute atomic E-state index is 13.1. The fraction of sp³-hybridized carbons (Fsp3) is 0.353. The molecule has 1 saturated heterocycles. The smallest absolute Gasteiger partial charge is 0.245 e. The summed E-state index contributed by atoms with van der Waals surface area (Å²) in [6, 6.07) is 9.60. The number of nitriles is 1. The van der Waals surface area contributed by atoms with Crippen LogP contribution < -0.4 is 0 Å². The largest absolute Gasteiger partial charge is 0.464 e. The topological polar surface area (TPSA) is 74.3 Å². The second-order valence-electron chi connectivity index (χ2n) is 5.69. The number of hydrogen-bond donors (Lipinski definition) is 0. The van der Waals surface area contributed by atoms with E-state index in [0.29, 0.717) is 18.7 Å². The normalized spacial score (nSPS) is 18.6. The Hall–Kier alpha value is -1.81. The predicted octanol–water partition coefficient (Wildman–Crippen LogP) is 3.89. The van der Waals surface area contributed by atoms with Crippen molar-refractivity contribution in [3.63, 3.8) is 0 Å². The summed E-state index contributed by atoms with van der Waals surface area (Å²) in [5.41, 5.74) is 0.264. The van der Waals surface area contributed by atoms with Gasteiger partial charge in [-0.25, -0.2) is 8.42 Å². The van der Waals surface area contributed by atoms with Crippen molar-refractivity contribution in [1.82, 2.24) is 4.31 Å². The van der Waals surface area contributed by atoms with Crippen molar-refractivity contribution < 1.29 is 12.8 Å². The highest BCUT2D eigenvalue weighted by molar-refractivity contribution is 7.89. The number of nitrogens with zero attached hydrogens (tertiary/aromatic N) is 2. The SMILES string of the molecule is CCc1ccc(C2CCCN2S(=O)(=O)c2cc(C#N)ccc2Cl)o1. The third-order valence-corrected chi connectivity index (χ3v) is 6.60. The average molecular weight is 365 g/mol. The van der Waals surface area contributed by atoms with Crippen LogP contribution in [0.2, 0.25) is 5.02 Å². The van der Waals surface area contributed by atoms with Gasteiger partial charge in [-0.05, 0) is 43.2 Å². The molecule has 1 aliphatic heterocycles. The Morgan fingerprint density at radius 2 is 2.17 bits per heavy atom. The van der Waals surface area contributed by atoms with E-state index >= 15 is 0 Å². The highest BCUT2D eigenvalue weighted by atomic mass is 35.5. The Bertz CT molecular complexity index is 899. The van der Waals surface area contributed by atoms with Crippen LogP contribution >= 0.6 is 11.6 Å². The molecule has 0 spiro atoms. The van der Waals surface area contributed by atoms with Crippen LogP contribution in [0.25, 0.3) is 0 Å². The molecule has 3 rings (SSSR count). The fourth-order valence-electron chi connectivity index (χ4n) is 2.97. The van der Waals surface area contributed by atoms with Gasteiger partial charge in [0.25, 0.3) is 0 Å². The lowest BCUT2D eigenvalue weighted by atomic mass is 10.2. The molecule has 1 unspecified atom stereocenters. The molecule has 5 nitrogen and oxygen atoms in total. The molecule has 0 saturated carbocycles. The van der Waals surface area contributed by atoms with Crippen LogP contribution in [0.15, 0.2) is 39.6 Å². The third-order valence-electron chi connectivity index (χ3n) is 4.21. The predicted molar refractivity (Wildman–Crippen MR) is 90.1 cm³/mol. The van der Waals surface area contributed by atoms with Gasteiger partial charge in [0.1, 0.15) is 16.4 Å². The quantitative estimate of drug-likeness (QED) is 0.824. The fourth-order valence-corrected chi connectivity index (χ4v) is 5.14. The van der Waals surface area contributed by atoms with Gasteiger partial charge in [0.2, 0.25) is 10.0 Å². The minimum atomic E-state index is -3.81. The number of halogens is 1. The van der Waals surface area contributed by atoms with E-state index in [9.17, 15) is 8.42 Å². The lowest BCUT2D eigenvalue weighted by Crippen LogP contribution is -2.30. The van der Waals surface area contributed by atoms with Gasteiger partial charge < -0.3 is 4.42 Å². The van der Waals surface area contributed by atoms with Gasteiger partial charge in [-0.1, -0.05) is 18.5 Å². The summed E-state index contributed by atoms with van der Waals surface area (Å²) >= 11 is 6.10. The van der Waals surface area contributed by atoms with E-state index in [0.717, 1.165) is 18.6 Å². The molecule has 24 heavy (non-hydrogen) atoms. The monoisotopic (exact) mass is 364 g/mol. The molecular formula is C17H17ClN2O3S. The molecule has 0 amide bonds. The van der Waals surface area contributed by atoms with Gasteiger partial charge in [0.15, 0.2) is 0 Å². The summed E-state index contributed by atoms with van der Waals surface area (Å²) in [5.74, 6) is 1.49. The van der Waals surface area contributed by atoms with E-state index < -0.39 is 10.0 Å². The van der Waals surface area contributed by atoms with Crippen molar-refractivity contribution in [3.8, 4) is 6.07 Å². The first-order valence-corrected chi connectivity index (χ1v) is 9.59. The summed E-state index contributed by atoms with van der Waals surface area (Å²) < 4.78 is 33.3. The maximum Gasteiger partial charge on any atom is 0.245 e. The Balaban J connectivity index is 2.01. The van der Waals surface area contributed by atoms with E-state index in [1.165, 1.54) is 22.5 Å². The van der Waals surface area contributed by atoms with Gasteiger partial charge in [-0.15, -0.1) is 0 Å². The molecule has 1 atom stereocenters. The van der Waals surface area contributed by atoms with E-state index in [-0.39, 0.29) is 21.5 Å². The minimum absolute atomic E-state index is 0.0302. The van der Waals surface area contributed by atoms with Crippen LogP contribution in [0.5, 0.6) is 0 Å². The highest BCUT2D eigenvalue weighted by Crippen LogP contribution is 2.38. The van der Waals surface area contributed by atoms with E-state index in [1.54, 1.807) is 0 Å². The zero-order chi connectivity index (χ0) is 17.3. The Morgan fingerprint density at radius 3 is 2.83 bits per heavy atom. The number of sulfonamides is 1. The molecule has 126 valence electrons. The Morgan fingerprint density at radius 1 is 1.38 bits per heavy atom. The molecule has 2 heterocycles. The minimum Gasteiger partial charge on any atom is -0.464 e. The van der Waals surface area contributed by atoms with Crippen molar-refractivity contribution in [2.75, 3.05) is 6.54 Å². The lowest BCUT2D eigenvalue weighted by molar-refractivity contribution is 0.331. The molecule has 0 bridgehead atoms. The summed E-state index contributed by atoms with van der Waals surface area (Å²) in [7, 11) is -3.81. The van der Waals surface area contributed by atoms with Crippen molar-refractivity contribution in [1.29, 1.82) is 5.26 Å². The number of furan rings is 1. The Kier molecular flexibility index (Phi) is 4.68. The first kappa shape index (κ1) is 17.0. The van der Waals surface area contributed by atoms with E-state index in [2.05, 4.69) is 0 Å². The first-order valence-electron chi connectivity index (χ1n) is 7.77. The zero-order valence-electron chi connectivity index (χ0n) is 13.2. The van der Waals surface area contributed by atoms with Gasteiger partial charge in [-0.2, -0.15) is 9.57 Å². The van der Waals surface area contributed by atoms with E-state index in [4.69, 9.17) is 21.3 Å². The summed E-state index contributed by atoms with van der Waals surface area (Å²) in [6.45, 7) is 2.39. The summed E-state index contributed by atoms with van der Waals surface area (Å²) in [6.07, 6.45) is 2.21. The molecule has 0 N–H and O–H groups in total. The molecule has 1 aliphatic rings. The third kappa shape index (κ3) is 2.95. The molecule has 1 aromatic heterocycles. The molecular weight excluding hydrogens is 348 g/mol. The van der Waals surface area contributed by atoms with Crippen molar-refractivity contribution in [2.45, 2.75) is 37.1 Å². The van der Waals surface area contributed by atoms with Gasteiger partial charge in [0, 0.05) is 13.0 Å². The van der Waals surface area contributed by atoms with Crippen molar-refractivity contribution in [3.05, 3.63) is 52.4 Å². The standard InChI is InChI=1S/C17H17ClN2O3S/c1-2-13-6-8-16(23-13)15-4-3-9-20(15)24(21,22)17-10-12(11-19)5-7-14(17)18/h5-8,10,15H,2-4,9H2,1H3. The second-order valence-corrected chi connectivity index (χ2v) is 7.95. The van der Waals surface area contributed by atoms with Gasteiger partial charge in [-0.3, -0.25) is 0 Å². The molecule has 0 radical (unpaired) electrons. The van der Waals surface area contributed by atoms with Crippen molar-refractivity contribution in [2.24, 2.45) is 0 Å².